The van der Waals surface area contributed by atoms with E-state index in [9.17, 15) is 0 Å². The molecule has 0 bridgehead atoms. The molecule has 0 aromatic heterocycles. The maximum atomic E-state index is 0. The van der Waals surface area contributed by atoms with Gasteiger partial charge in [-0.1, -0.05) is 0 Å². The van der Waals surface area contributed by atoms with Crippen molar-refractivity contribution in [3.05, 3.63) is 0 Å². The second-order valence-corrected chi connectivity index (χ2v) is 0. The van der Waals surface area contributed by atoms with E-state index in [0.717, 1.165) is 0 Å². The van der Waals surface area contributed by atoms with Crippen molar-refractivity contribution in [2.24, 2.45) is 0 Å². The summed E-state index contributed by atoms with van der Waals surface area (Å²) in [7, 11) is 0. The van der Waals surface area contributed by atoms with Crippen LogP contribution in [-0.2, 0) is 38.8 Å². The van der Waals surface area contributed by atoms with Gasteiger partial charge in [-0.05, 0) is 11.0 Å². The van der Waals surface area contributed by atoms with E-state index in [4.69, 9.17) is 0 Å². The molecular weight excluding hydrogens is 155 g/mol. The SMILES string of the molecule is [H-].[H-].[Mg+2].[Mn].[SiH4].[Ti]. The number of hydrogen-bond acceptors (Lipinski definition) is 0. The Morgan fingerprint density at radius 1 is 1.25 bits per heavy atom. The summed E-state index contributed by atoms with van der Waals surface area (Å²) in [5, 5.41) is 0. The van der Waals surface area contributed by atoms with Crippen molar-refractivity contribution >= 4 is 34.0 Å². The molecule has 23 valence electrons. The van der Waals surface area contributed by atoms with Gasteiger partial charge in [-0.3, -0.25) is 0 Å². The average Bonchev–Trinajstić information content (AvgIpc) is 0. The number of hydrogen-bond donors (Lipinski definition) is 0. The van der Waals surface area contributed by atoms with Crippen molar-refractivity contribution < 1.29 is 41.6 Å². The topological polar surface area (TPSA) is 0 Å². The molecule has 0 spiro atoms. The Kier molecular flexibility index (Phi) is 162. The van der Waals surface area contributed by atoms with E-state index < -0.39 is 0 Å². The Balaban J connectivity index is 0. The van der Waals surface area contributed by atoms with Gasteiger partial charge < -0.3 is 2.85 Å². The van der Waals surface area contributed by atoms with Crippen LogP contribution in [0.25, 0.3) is 0 Å². The van der Waals surface area contributed by atoms with Gasteiger partial charge in [0.05, 0.1) is 0 Å². The molecule has 0 saturated carbocycles. The summed E-state index contributed by atoms with van der Waals surface area (Å²) in [5.41, 5.74) is 0. The summed E-state index contributed by atoms with van der Waals surface area (Å²) in [5.74, 6) is 0. The van der Waals surface area contributed by atoms with Gasteiger partial charge in [-0.2, -0.15) is 0 Å². The third kappa shape index (κ3) is 8.88. The van der Waals surface area contributed by atoms with E-state index in [2.05, 4.69) is 0 Å². The quantitative estimate of drug-likeness (QED) is 0.375. The standard InChI is InChI=1S/Mg.Mn.H4Si.Ti.2H/h;;1H4;;;/q+2;;;;2*-1. The Hall–Kier alpha value is 2.22. The van der Waals surface area contributed by atoms with Gasteiger partial charge in [0.15, 0.2) is 0 Å². The molecular formula is H6MgMnSiTi. The smallest absolute Gasteiger partial charge is 1.00 e. The maximum Gasteiger partial charge on any atom is 2.00 e. The van der Waals surface area contributed by atoms with E-state index >= 15 is 0 Å². The van der Waals surface area contributed by atoms with E-state index in [0.29, 0.717) is 0 Å². The van der Waals surface area contributed by atoms with Crippen LogP contribution in [0.2, 0.25) is 0 Å². The first-order valence-corrected chi connectivity index (χ1v) is 0. The first kappa shape index (κ1) is 34.4. The maximum absolute atomic E-state index is 0. The van der Waals surface area contributed by atoms with Crippen molar-refractivity contribution in [2.45, 2.75) is 0 Å². The van der Waals surface area contributed by atoms with Crippen LogP contribution in [0.1, 0.15) is 2.85 Å². The van der Waals surface area contributed by atoms with Crippen molar-refractivity contribution in [3.8, 4) is 0 Å². The first-order valence-electron chi connectivity index (χ1n) is 0. The molecule has 0 aliphatic heterocycles. The van der Waals surface area contributed by atoms with Gasteiger partial charge in [0.25, 0.3) is 0 Å². The van der Waals surface area contributed by atoms with Gasteiger partial charge in [0.2, 0.25) is 0 Å². The summed E-state index contributed by atoms with van der Waals surface area (Å²) in [6.45, 7) is 0. The molecule has 0 atom stereocenters. The molecule has 0 nitrogen and oxygen atoms in total. The molecule has 0 fully saturated rings. The minimum absolute atomic E-state index is 0. The Morgan fingerprint density at radius 2 is 1.25 bits per heavy atom. The Bertz CT molecular complexity index is 13.5. The molecule has 0 amide bonds. The van der Waals surface area contributed by atoms with Gasteiger partial charge in [0.1, 0.15) is 0 Å². The summed E-state index contributed by atoms with van der Waals surface area (Å²) in [6, 6.07) is 0. The molecule has 0 aliphatic rings. The molecule has 0 heterocycles. The van der Waals surface area contributed by atoms with Gasteiger partial charge >= 0.3 is 23.1 Å². The minimum atomic E-state index is 0. The third-order valence-electron chi connectivity index (χ3n) is 0. The molecule has 4 heteroatoms. The zero-order valence-electron chi connectivity index (χ0n) is 3.59. The predicted octanol–water partition coefficient (Wildman–Crippen LogP) is -1.61. The second-order valence-electron chi connectivity index (χ2n) is 0. The molecule has 0 rings (SSSR count). The summed E-state index contributed by atoms with van der Waals surface area (Å²) < 4.78 is 0. The third-order valence-corrected chi connectivity index (χ3v) is 0. The van der Waals surface area contributed by atoms with Crippen LogP contribution >= 0.6 is 0 Å². The van der Waals surface area contributed by atoms with Crippen LogP contribution in [0.4, 0.5) is 0 Å². The van der Waals surface area contributed by atoms with Crippen molar-refractivity contribution in [3.63, 3.8) is 0 Å². The zero-order chi connectivity index (χ0) is 0. The molecule has 0 unspecified atom stereocenters. The average molecular weight is 161 g/mol. The second kappa shape index (κ2) is 18.9. The Morgan fingerprint density at radius 3 is 1.25 bits per heavy atom. The fraction of sp³-hybridized carbons (Fsp3) is 0. The van der Waals surface area contributed by atoms with Crippen LogP contribution in [0, 0.1) is 0 Å². The van der Waals surface area contributed by atoms with E-state index in [1.54, 1.807) is 0 Å². The van der Waals surface area contributed by atoms with Crippen molar-refractivity contribution in [1.82, 2.24) is 0 Å². The summed E-state index contributed by atoms with van der Waals surface area (Å²) in [4.78, 5) is 0. The van der Waals surface area contributed by atoms with Gasteiger partial charge in [-0.15, -0.1) is 0 Å². The molecule has 0 aromatic rings. The van der Waals surface area contributed by atoms with Crippen LogP contribution in [0.3, 0.4) is 0 Å². The van der Waals surface area contributed by atoms with E-state index in [1.165, 1.54) is 0 Å². The normalized spacial score (nSPS) is 0. The van der Waals surface area contributed by atoms with Gasteiger partial charge in [0, 0.05) is 38.8 Å². The fourth-order valence-corrected chi connectivity index (χ4v) is 0. The molecule has 0 aliphatic carbocycles. The largest absolute Gasteiger partial charge is 2.00 e. The minimum Gasteiger partial charge on any atom is -1.00 e. The fourth-order valence-electron chi connectivity index (χ4n) is 0. The molecule has 4 heavy (non-hydrogen) atoms. The monoisotopic (exact) mass is 161 g/mol. The van der Waals surface area contributed by atoms with Crippen molar-refractivity contribution in [1.29, 1.82) is 0 Å². The number of rotatable bonds is 0. The molecule has 0 aromatic carbocycles. The molecule has 0 saturated heterocycles. The van der Waals surface area contributed by atoms with Crippen LogP contribution in [-0.4, -0.2) is 34.0 Å². The van der Waals surface area contributed by atoms with Crippen LogP contribution < -0.4 is 0 Å². The predicted molar refractivity (Wildman–Crippen MR) is 19.3 cm³/mol. The van der Waals surface area contributed by atoms with Crippen LogP contribution in [0.15, 0.2) is 0 Å². The Labute approximate surface area is 75.0 Å². The first-order chi connectivity index (χ1) is 0. The zero-order valence-corrected chi connectivity index (χ0v) is 5.74. The van der Waals surface area contributed by atoms with Crippen LogP contribution in [0.5, 0.6) is 0 Å². The molecule has 1 radical (unpaired) electrons. The van der Waals surface area contributed by atoms with Gasteiger partial charge in [-0.25, -0.2) is 0 Å². The molecule has 0 N–H and O–H groups in total. The summed E-state index contributed by atoms with van der Waals surface area (Å²) in [6.07, 6.45) is 0. The van der Waals surface area contributed by atoms with E-state index in [1.807, 2.05) is 0 Å². The summed E-state index contributed by atoms with van der Waals surface area (Å²) >= 11 is 0. The van der Waals surface area contributed by atoms with Crippen molar-refractivity contribution in [2.75, 3.05) is 0 Å². The van der Waals surface area contributed by atoms with E-state index in [-0.39, 0.29) is 75.7 Å².